The molecule has 2 rings (SSSR count). The van der Waals surface area contributed by atoms with Crippen molar-refractivity contribution >= 4 is 23.4 Å². The number of aryl methyl sites for hydroxylation is 1. The van der Waals surface area contributed by atoms with Crippen LogP contribution in [0.4, 0.5) is 11.6 Å². The van der Waals surface area contributed by atoms with Gasteiger partial charge in [-0.1, -0.05) is 12.1 Å². The number of anilines is 1. The Morgan fingerprint density at radius 1 is 1.30 bits per heavy atom. The Hall–Kier alpha value is -3.36. The van der Waals surface area contributed by atoms with E-state index in [9.17, 15) is 19.7 Å². The van der Waals surface area contributed by atoms with Crippen molar-refractivity contribution in [2.75, 3.05) is 31.1 Å². The number of nitrogens with one attached hydrogen (secondary N) is 1. The number of carbonyl (C=O) groups is 2. The molecule has 27 heavy (non-hydrogen) atoms. The second kappa shape index (κ2) is 9.37. The Balaban J connectivity index is 1.75. The molecule has 1 N–H and O–H groups in total. The minimum atomic E-state index is -0.937. The first-order chi connectivity index (χ1) is 12.9. The van der Waals surface area contributed by atoms with Gasteiger partial charge in [-0.05, 0) is 37.6 Å². The van der Waals surface area contributed by atoms with E-state index in [-0.39, 0.29) is 5.76 Å². The molecule has 2 aromatic rings. The summed E-state index contributed by atoms with van der Waals surface area (Å²) in [6.45, 7) is 5.31. The molecule has 0 radical (unpaired) electrons. The first kappa shape index (κ1) is 20.0. The van der Waals surface area contributed by atoms with Gasteiger partial charge in [0.05, 0.1) is 6.07 Å². The quantitative estimate of drug-likeness (QED) is 0.406. The lowest BCUT2D eigenvalue weighted by Gasteiger charge is -2.23. The van der Waals surface area contributed by atoms with Gasteiger partial charge >= 0.3 is 11.9 Å². The number of nitrogens with zero attached hydrogens (tertiary/aromatic N) is 2. The lowest BCUT2D eigenvalue weighted by molar-refractivity contribution is -0.402. The van der Waals surface area contributed by atoms with Gasteiger partial charge in [0, 0.05) is 25.3 Å². The largest absolute Gasteiger partial charge is 0.450 e. The standard InChI is InChI=1S/C18H21N3O6/c1-3-20(14-6-4-5-13(2)11-14)10-9-19-16(22)12-26-18(23)15-7-8-17(27-15)21(24)25/h4-8,11H,3,9-10,12H2,1-2H3,(H,19,22). The Bertz CT molecular complexity index is 817. The monoisotopic (exact) mass is 375 g/mol. The molecule has 0 aliphatic rings. The van der Waals surface area contributed by atoms with Crippen molar-refractivity contribution in [1.29, 1.82) is 0 Å². The molecule has 0 aliphatic carbocycles. The van der Waals surface area contributed by atoms with Crippen LogP contribution in [0.15, 0.2) is 40.8 Å². The Morgan fingerprint density at radius 3 is 2.70 bits per heavy atom. The SMILES string of the molecule is CCN(CCNC(=O)COC(=O)c1ccc([N+](=O)[O-])o1)c1cccc(C)c1. The highest BCUT2D eigenvalue weighted by atomic mass is 16.7. The molecule has 0 unspecified atom stereocenters. The van der Waals surface area contributed by atoms with Gasteiger partial charge in [0.1, 0.15) is 4.92 Å². The molecular formula is C18H21N3O6. The van der Waals surface area contributed by atoms with Crippen LogP contribution in [-0.2, 0) is 9.53 Å². The van der Waals surface area contributed by atoms with Crippen LogP contribution in [0.3, 0.4) is 0 Å². The minimum absolute atomic E-state index is 0.328. The van der Waals surface area contributed by atoms with E-state index in [0.717, 1.165) is 29.9 Å². The van der Waals surface area contributed by atoms with Crippen LogP contribution in [0.25, 0.3) is 0 Å². The van der Waals surface area contributed by atoms with Crippen LogP contribution in [0.2, 0.25) is 0 Å². The first-order valence-corrected chi connectivity index (χ1v) is 8.40. The van der Waals surface area contributed by atoms with E-state index in [4.69, 9.17) is 9.15 Å². The average molecular weight is 375 g/mol. The van der Waals surface area contributed by atoms with Crippen LogP contribution in [0.5, 0.6) is 0 Å². The molecular weight excluding hydrogens is 354 g/mol. The zero-order chi connectivity index (χ0) is 19.8. The van der Waals surface area contributed by atoms with E-state index in [0.29, 0.717) is 13.1 Å². The zero-order valence-electron chi connectivity index (χ0n) is 15.1. The van der Waals surface area contributed by atoms with Crippen molar-refractivity contribution in [3.63, 3.8) is 0 Å². The predicted octanol–water partition coefficient (Wildman–Crippen LogP) is 2.30. The van der Waals surface area contributed by atoms with Gasteiger partial charge < -0.3 is 19.4 Å². The number of rotatable bonds is 9. The fourth-order valence-corrected chi connectivity index (χ4v) is 2.41. The number of furan rings is 1. The van der Waals surface area contributed by atoms with E-state index in [1.54, 1.807) is 0 Å². The maximum Gasteiger partial charge on any atom is 0.433 e. The maximum atomic E-state index is 11.8. The molecule has 1 heterocycles. The summed E-state index contributed by atoms with van der Waals surface area (Å²) < 4.78 is 9.50. The molecule has 0 bridgehead atoms. The number of hydrogen-bond acceptors (Lipinski definition) is 7. The van der Waals surface area contributed by atoms with Gasteiger partial charge in [-0.3, -0.25) is 14.9 Å². The summed E-state index contributed by atoms with van der Waals surface area (Å²) in [5, 5.41) is 13.2. The van der Waals surface area contributed by atoms with E-state index < -0.39 is 29.3 Å². The van der Waals surface area contributed by atoms with Crippen molar-refractivity contribution in [3.05, 3.63) is 57.8 Å². The van der Waals surface area contributed by atoms with Gasteiger partial charge in [-0.15, -0.1) is 0 Å². The Labute approximate surface area is 156 Å². The van der Waals surface area contributed by atoms with Crippen LogP contribution >= 0.6 is 0 Å². The molecule has 0 saturated heterocycles. The fourth-order valence-electron chi connectivity index (χ4n) is 2.41. The number of carbonyl (C=O) groups excluding carboxylic acids is 2. The molecule has 144 valence electrons. The number of benzene rings is 1. The summed E-state index contributed by atoms with van der Waals surface area (Å²) in [5.74, 6) is -2.30. The molecule has 9 nitrogen and oxygen atoms in total. The summed E-state index contributed by atoms with van der Waals surface area (Å²) in [4.78, 5) is 35.4. The third-order valence-corrected chi connectivity index (χ3v) is 3.76. The predicted molar refractivity (Wildman–Crippen MR) is 97.7 cm³/mol. The van der Waals surface area contributed by atoms with Crippen molar-refractivity contribution < 1.29 is 23.7 Å². The molecule has 1 amide bonds. The normalized spacial score (nSPS) is 10.3. The summed E-state index contributed by atoms with van der Waals surface area (Å²) in [7, 11) is 0. The van der Waals surface area contributed by atoms with Gasteiger partial charge in [-0.25, -0.2) is 4.79 Å². The second-order valence-corrected chi connectivity index (χ2v) is 5.74. The number of ether oxygens (including phenoxy) is 1. The maximum absolute atomic E-state index is 11.8. The Morgan fingerprint density at radius 2 is 2.07 bits per heavy atom. The van der Waals surface area contributed by atoms with Crippen LogP contribution < -0.4 is 10.2 Å². The summed E-state index contributed by atoms with van der Waals surface area (Å²) in [6.07, 6.45) is 0. The molecule has 0 fully saturated rings. The number of amides is 1. The van der Waals surface area contributed by atoms with E-state index in [1.807, 2.05) is 32.0 Å². The van der Waals surface area contributed by atoms with Gasteiger partial charge in [0.25, 0.3) is 5.91 Å². The highest BCUT2D eigenvalue weighted by Crippen LogP contribution is 2.16. The average Bonchev–Trinajstić information content (AvgIpc) is 3.14. The summed E-state index contributed by atoms with van der Waals surface area (Å²) >= 11 is 0. The zero-order valence-corrected chi connectivity index (χ0v) is 15.1. The molecule has 0 atom stereocenters. The first-order valence-electron chi connectivity index (χ1n) is 8.40. The number of likely N-dealkylation sites (N-methyl/N-ethyl adjacent to an activating group) is 1. The van der Waals surface area contributed by atoms with Crippen molar-refractivity contribution in [2.24, 2.45) is 0 Å². The molecule has 0 spiro atoms. The van der Waals surface area contributed by atoms with Gasteiger partial charge in [-0.2, -0.15) is 0 Å². The lowest BCUT2D eigenvalue weighted by Crippen LogP contribution is -2.36. The van der Waals surface area contributed by atoms with Crippen molar-refractivity contribution in [2.45, 2.75) is 13.8 Å². The number of esters is 1. The Kier molecular flexibility index (Phi) is 6.93. The topological polar surface area (TPSA) is 115 Å². The van der Waals surface area contributed by atoms with E-state index in [1.165, 1.54) is 0 Å². The second-order valence-electron chi connectivity index (χ2n) is 5.74. The minimum Gasteiger partial charge on any atom is -0.450 e. The summed E-state index contributed by atoms with van der Waals surface area (Å²) in [5.41, 5.74) is 2.22. The van der Waals surface area contributed by atoms with Crippen LogP contribution in [-0.4, -0.2) is 43.0 Å². The van der Waals surface area contributed by atoms with E-state index in [2.05, 4.69) is 16.3 Å². The van der Waals surface area contributed by atoms with Crippen molar-refractivity contribution in [3.8, 4) is 0 Å². The molecule has 1 aromatic heterocycles. The lowest BCUT2D eigenvalue weighted by atomic mass is 10.2. The number of hydrogen-bond donors (Lipinski definition) is 1. The van der Waals surface area contributed by atoms with Gasteiger partial charge in [0.2, 0.25) is 5.76 Å². The third kappa shape index (κ3) is 5.84. The molecule has 9 heteroatoms. The number of nitro groups is 1. The summed E-state index contributed by atoms with van der Waals surface area (Å²) in [6, 6.07) is 10.2. The fraction of sp³-hybridized carbons (Fsp3) is 0.333. The molecule has 0 aliphatic heterocycles. The highest BCUT2D eigenvalue weighted by Gasteiger charge is 2.19. The molecule has 1 aromatic carbocycles. The highest BCUT2D eigenvalue weighted by molar-refractivity contribution is 5.89. The van der Waals surface area contributed by atoms with Crippen molar-refractivity contribution in [1.82, 2.24) is 5.32 Å². The van der Waals surface area contributed by atoms with Crippen LogP contribution in [0, 0.1) is 17.0 Å². The molecule has 0 saturated carbocycles. The third-order valence-electron chi connectivity index (χ3n) is 3.76. The van der Waals surface area contributed by atoms with Gasteiger partial charge in [0.15, 0.2) is 6.61 Å². The van der Waals surface area contributed by atoms with E-state index >= 15 is 0 Å². The smallest absolute Gasteiger partial charge is 0.433 e. The van der Waals surface area contributed by atoms with Crippen LogP contribution in [0.1, 0.15) is 23.0 Å².